The number of amides is 2. The van der Waals surface area contributed by atoms with Crippen LogP contribution in [0.4, 0.5) is 10.8 Å². The minimum Gasteiger partial charge on any atom is -0.326 e. The number of aryl methyl sites for hydroxylation is 3. The van der Waals surface area contributed by atoms with E-state index in [1.54, 1.807) is 5.38 Å². The summed E-state index contributed by atoms with van der Waals surface area (Å²) in [5, 5.41) is 13.6. The van der Waals surface area contributed by atoms with Crippen LogP contribution in [0.1, 0.15) is 32.2 Å². The van der Waals surface area contributed by atoms with Crippen molar-refractivity contribution < 1.29 is 9.59 Å². The molecule has 2 aromatic carbocycles. The summed E-state index contributed by atoms with van der Waals surface area (Å²) in [6, 6.07) is 17.6. The molecule has 0 saturated heterocycles. The van der Waals surface area contributed by atoms with E-state index < -0.39 is 0 Å². The van der Waals surface area contributed by atoms with Gasteiger partial charge in [0.15, 0.2) is 5.13 Å². The van der Waals surface area contributed by atoms with Crippen molar-refractivity contribution in [2.45, 2.75) is 27.2 Å². The summed E-state index contributed by atoms with van der Waals surface area (Å²) in [4.78, 5) is 31.3. The highest BCUT2D eigenvalue weighted by molar-refractivity contribution is 7.20. The first kappa shape index (κ1) is 22.9. The van der Waals surface area contributed by atoms with Crippen molar-refractivity contribution in [2.24, 2.45) is 0 Å². The SMILES string of the molecule is Cc1ccc(NC(=O)Cc2csc(NC(=O)c3cc4c(C)nn(-c5ccccc5)c4s3)n2)c(C)c1. The molecule has 0 bridgehead atoms. The van der Waals surface area contributed by atoms with Crippen molar-refractivity contribution in [3.8, 4) is 5.69 Å². The van der Waals surface area contributed by atoms with Crippen LogP contribution in [-0.2, 0) is 11.2 Å². The fourth-order valence-corrected chi connectivity index (χ4v) is 5.60. The lowest BCUT2D eigenvalue weighted by Gasteiger charge is -2.08. The highest BCUT2D eigenvalue weighted by Crippen LogP contribution is 2.31. The van der Waals surface area contributed by atoms with Crippen LogP contribution in [0.3, 0.4) is 0 Å². The zero-order chi connectivity index (χ0) is 24.5. The molecule has 0 radical (unpaired) electrons. The maximum atomic E-state index is 12.9. The molecule has 176 valence electrons. The van der Waals surface area contributed by atoms with Crippen LogP contribution >= 0.6 is 22.7 Å². The van der Waals surface area contributed by atoms with Crippen molar-refractivity contribution in [1.82, 2.24) is 14.8 Å². The summed E-state index contributed by atoms with van der Waals surface area (Å²) in [6.07, 6.45) is 0.134. The van der Waals surface area contributed by atoms with E-state index in [4.69, 9.17) is 0 Å². The van der Waals surface area contributed by atoms with Crippen LogP contribution in [0, 0.1) is 20.8 Å². The minimum atomic E-state index is -0.231. The Balaban J connectivity index is 1.27. The van der Waals surface area contributed by atoms with Gasteiger partial charge in [-0.2, -0.15) is 5.10 Å². The third-order valence-electron chi connectivity index (χ3n) is 5.54. The third kappa shape index (κ3) is 4.87. The summed E-state index contributed by atoms with van der Waals surface area (Å²) in [5.74, 6) is -0.378. The van der Waals surface area contributed by atoms with Crippen LogP contribution < -0.4 is 10.6 Å². The molecule has 0 aliphatic carbocycles. The van der Waals surface area contributed by atoms with Gasteiger partial charge in [-0.25, -0.2) is 9.67 Å². The van der Waals surface area contributed by atoms with Crippen molar-refractivity contribution in [1.29, 1.82) is 0 Å². The lowest BCUT2D eigenvalue weighted by molar-refractivity contribution is -0.115. The topological polar surface area (TPSA) is 88.9 Å². The fourth-order valence-electron chi connectivity index (χ4n) is 3.82. The monoisotopic (exact) mass is 501 g/mol. The zero-order valence-electron chi connectivity index (χ0n) is 19.5. The maximum absolute atomic E-state index is 12.9. The molecule has 7 nitrogen and oxygen atoms in total. The summed E-state index contributed by atoms with van der Waals surface area (Å²) in [6.45, 7) is 5.92. The van der Waals surface area contributed by atoms with Gasteiger partial charge in [0.2, 0.25) is 5.91 Å². The van der Waals surface area contributed by atoms with E-state index in [9.17, 15) is 9.59 Å². The average Bonchev–Trinajstić information content (AvgIpc) is 3.53. The van der Waals surface area contributed by atoms with Gasteiger partial charge in [-0.15, -0.1) is 22.7 Å². The Morgan fingerprint density at radius 3 is 2.57 bits per heavy atom. The molecule has 0 aliphatic rings. The molecule has 0 unspecified atom stereocenters. The Kier molecular flexibility index (Phi) is 6.19. The Labute approximate surface area is 210 Å². The predicted octanol–water partition coefficient (Wildman–Crippen LogP) is 5.90. The number of carbonyl (C=O) groups excluding carboxylic acids is 2. The lowest BCUT2D eigenvalue weighted by Crippen LogP contribution is -2.15. The number of nitrogens with zero attached hydrogens (tertiary/aromatic N) is 3. The fraction of sp³-hybridized carbons (Fsp3) is 0.154. The van der Waals surface area contributed by atoms with E-state index in [0.29, 0.717) is 15.7 Å². The summed E-state index contributed by atoms with van der Waals surface area (Å²) in [5.41, 5.74) is 5.37. The van der Waals surface area contributed by atoms with Crippen LogP contribution in [-0.4, -0.2) is 26.6 Å². The van der Waals surface area contributed by atoms with Gasteiger partial charge in [-0.3, -0.25) is 14.9 Å². The first-order chi connectivity index (χ1) is 16.9. The number of rotatable bonds is 6. The number of para-hydroxylation sites is 1. The first-order valence-electron chi connectivity index (χ1n) is 11.0. The van der Waals surface area contributed by atoms with Gasteiger partial charge in [0.25, 0.3) is 5.91 Å². The number of nitrogens with one attached hydrogen (secondary N) is 2. The van der Waals surface area contributed by atoms with Crippen LogP contribution in [0.15, 0.2) is 60.0 Å². The van der Waals surface area contributed by atoms with Crippen LogP contribution in [0.25, 0.3) is 15.9 Å². The van der Waals surface area contributed by atoms with Gasteiger partial charge in [-0.05, 0) is 50.6 Å². The molecule has 0 atom stereocenters. The van der Waals surface area contributed by atoms with E-state index in [0.717, 1.165) is 38.4 Å². The number of fused-ring (bicyclic) bond motifs is 1. The van der Waals surface area contributed by atoms with Gasteiger partial charge in [-0.1, -0.05) is 35.9 Å². The number of thiophene rings is 1. The van der Waals surface area contributed by atoms with Crippen molar-refractivity contribution in [3.05, 3.63) is 87.4 Å². The molecule has 3 aromatic heterocycles. The zero-order valence-corrected chi connectivity index (χ0v) is 21.1. The standard InChI is InChI=1S/C26H23N5O2S2/c1-15-9-10-21(16(2)11-15)28-23(32)12-18-14-34-26(27-18)29-24(33)22-13-20-17(3)30-31(25(20)35-22)19-7-5-4-6-8-19/h4-11,13-14H,12H2,1-3H3,(H,28,32)(H,27,29,33). The van der Waals surface area contributed by atoms with Gasteiger partial charge < -0.3 is 5.32 Å². The molecule has 9 heteroatoms. The smallest absolute Gasteiger partial charge is 0.267 e. The third-order valence-corrected chi connectivity index (χ3v) is 7.45. The number of hydrogen-bond donors (Lipinski definition) is 2. The van der Waals surface area contributed by atoms with Gasteiger partial charge >= 0.3 is 0 Å². The highest BCUT2D eigenvalue weighted by Gasteiger charge is 2.18. The van der Waals surface area contributed by atoms with Crippen molar-refractivity contribution in [3.63, 3.8) is 0 Å². The van der Waals surface area contributed by atoms with E-state index in [2.05, 4.69) is 20.7 Å². The van der Waals surface area contributed by atoms with Crippen molar-refractivity contribution in [2.75, 3.05) is 10.6 Å². The second kappa shape index (κ2) is 9.44. The lowest BCUT2D eigenvalue weighted by atomic mass is 10.1. The minimum absolute atomic E-state index is 0.134. The molecule has 5 aromatic rings. The number of hydrogen-bond acceptors (Lipinski definition) is 6. The molecular weight excluding hydrogens is 478 g/mol. The number of aromatic nitrogens is 3. The largest absolute Gasteiger partial charge is 0.326 e. The van der Waals surface area contributed by atoms with Crippen LogP contribution in [0.2, 0.25) is 0 Å². The summed E-state index contributed by atoms with van der Waals surface area (Å²) < 4.78 is 1.86. The Bertz CT molecular complexity index is 1550. The summed E-state index contributed by atoms with van der Waals surface area (Å²) >= 11 is 2.69. The molecule has 0 saturated carbocycles. The van der Waals surface area contributed by atoms with E-state index in [-0.39, 0.29) is 18.2 Å². The Morgan fingerprint density at radius 2 is 1.80 bits per heavy atom. The van der Waals surface area contributed by atoms with Crippen molar-refractivity contribution >= 4 is 55.5 Å². The number of anilines is 2. The Hall–Kier alpha value is -3.82. The van der Waals surface area contributed by atoms with Gasteiger partial charge in [0, 0.05) is 16.5 Å². The quantitative estimate of drug-likeness (QED) is 0.303. The highest BCUT2D eigenvalue weighted by atomic mass is 32.1. The normalized spacial score (nSPS) is 11.1. The van der Waals surface area contributed by atoms with Gasteiger partial charge in [0.1, 0.15) is 4.83 Å². The van der Waals surface area contributed by atoms with Gasteiger partial charge in [0.05, 0.1) is 28.4 Å². The van der Waals surface area contributed by atoms with E-state index in [1.807, 2.05) is 80.1 Å². The molecule has 2 amide bonds. The molecule has 0 spiro atoms. The molecule has 0 fully saturated rings. The molecule has 35 heavy (non-hydrogen) atoms. The van der Waals surface area contributed by atoms with E-state index in [1.165, 1.54) is 22.7 Å². The van der Waals surface area contributed by atoms with E-state index >= 15 is 0 Å². The average molecular weight is 502 g/mol. The predicted molar refractivity (Wildman–Crippen MR) is 142 cm³/mol. The molecule has 2 N–H and O–H groups in total. The second-order valence-corrected chi connectivity index (χ2v) is 10.2. The number of benzene rings is 2. The number of carbonyl (C=O) groups is 2. The molecule has 3 heterocycles. The second-order valence-electron chi connectivity index (χ2n) is 8.30. The van der Waals surface area contributed by atoms with Crippen LogP contribution in [0.5, 0.6) is 0 Å². The Morgan fingerprint density at radius 1 is 1.00 bits per heavy atom. The molecule has 5 rings (SSSR count). The molecule has 0 aliphatic heterocycles. The maximum Gasteiger partial charge on any atom is 0.267 e. The molecular formula is C26H23N5O2S2. The number of thiazole rings is 1. The first-order valence-corrected chi connectivity index (χ1v) is 12.7. The summed E-state index contributed by atoms with van der Waals surface area (Å²) in [7, 11) is 0.